The van der Waals surface area contributed by atoms with Crippen LogP contribution >= 0.6 is 0 Å². The Hall–Kier alpha value is -2.84. The van der Waals surface area contributed by atoms with Crippen LogP contribution in [0.25, 0.3) is 5.69 Å². The Morgan fingerprint density at radius 1 is 1.27 bits per heavy atom. The lowest BCUT2D eigenvalue weighted by molar-refractivity contribution is -0.137. The molecule has 0 aliphatic heterocycles. The highest BCUT2D eigenvalue weighted by atomic mass is 19.4. The summed E-state index contributed by atoms with van der Waals surface area (Å²) in [6.45, 7) is 0. The standard InChI is InChI=1S/C13H9F3N2O4/c1-22-12(21)11-9(19)6-10(20)18(17-11)8-4-2-7(3-5-8)13(14,15)16/h2-6,19H,1H3. The minimum Gasteiger partial charge on any atom is -0.505 e. The second-order valence-electron chi connectivity index (χ2n) is 4.16. The number of aromatic nitrogens is 2. The molecule has 0 saturated carbocycles. The number of alkyl halides is 3. The van der Waals surface area contributed by atoms with E-state index in [9.17, 15) is 27.9 Å². The van der Waals surface area contributed by atoms with Gasteiger partial charge in [-0.1, -0.05) is 0 Å². The van der Waals surface area contributed by atoms with E-state index in [0.29, 0.717) is 4.68 Å². The highest BCUT2D eigenvalue weighted by molar-refractivity contribution is 5.89. The number of nitrogens with zero attached hydrogens (tertiary/aromatic N) is 2. The lowest BCUT2D eigenvalue weighted by Crippen LogP contribution is -2.23. The molecule has 0 aliphatic carbocycles. The first-order valence-electron chi connectivity index (χ1n) is 5.83. The maximum Gasteiger partial charge on any atom is 0.416 e. The third kappa shape index (κ3) is 2.92. The summed E-state index contributed by atoms with van der Waals surface area (Å²) in [6.07, 6.45) is -4.51. The molecular formula is C13H9F3N2O4. The Morgan fingerprint density at radius 3 is 2.36 bits per heavy atom. The van der Waals surface area contributed by atoms with E-state index < -0.39 is 34.7 Å². The largest absolute Gasteiger partial charge is 0.505 e. The number of carbonyl (C=O) groups is 1. The van der Waals surface area contributed by atoms with Crippen LogP contribution in [0.1, 0.15) is 16.1 Å². The van der Waals surface area contributed by atoms with Gasteiger partial charge in [0.25, 0.3) is 5.56 Å². The van der Waals surface area contributed by atoms with Crippen LogP contribution in [0.3, 0.4) is 0 Å². The Morgan fingerprint density at radius 2 is 1.86 bits per heavy atom. The molecule has 0 radical (unpaired) electrons. The van der Waals surface area contributed by atoms with Crippen molar-refractivity contribution in [3.05, 3.63) is 51.9 Å². The van der Waals surface area contributed by atoms with E-state index in [1.54, 1.807) is 0 Å². The molecule has 0 atom stereocenters. The zero-order chi connectivity index (χ0) is 16.5. The number of ether oxygens (including phenoxy) is 1. The van der Waals surface area contributed by atoms with E-state index in [2.05, 4.69) is 9.84 Å². The number of carbonyl (C=O) groups excluding carboxylic acids is 1. The molecule has 2 rings (SSSR count). The van der Waals surface area contributed by atoms with Gasteiger partial charge in [-0.25, -0.2) is 4.79 Å². The molecule has 0 saturated heterocycles. The third-order valence-electron chi connectivity index (χ3n) is 2.73. The fourth-order valence-electron chi connectivity index (χ4n) is 1.67. The number of aromatic hydroxyl groups is 1. The molecule has 22 heavy (non-hydrogen) atoms. The van der Waals surface area contributed by atoms with E-state index >= 15 is 0 Å². The van der Waals surface area contributed by atoms with Crippen molar-refractivity contribution in [1.82, 2.24) is 9.78 Å². The summed E-state index contributed by atoms with van der Waals surface area (Å²) in [7, 11) is 1.05. The second-order valence-corrected chi connectivity index (χ2v) is 4.16. The molecule has 2 aromatic rings. The molecule has 0 aliphatic rings. The summed E-state index contributed by atoms with van der Waals surface area (Å²) in [6, 6.07) is 4.31. The van der Waals surface area contributed by atoms with Gasteiger partial charge in [0.15, 0.2) is 5.75 Å². The topological polar surface area (TPSA) is 81.4 Å². The van der Waals surface area contributed by atoms with Crippen LogP contribution in [-0.2, 0) is 10.9 Å². The van der Waals surface area contributed by atoms with Gasteiger partial charge in [0, 0.05) is 6.07 Å². The zero-order valence-corrected chi connectivity index (χ0v) is 11.1. The highest BCUT2D eigenvalue weighted by Gasteiger charge is 2.30. The van der Waals surface area contributed by atoms with Crippen LogP contribution in [0.5, 0.6) is 5.75 Å². The zero-order valence-electron chi connectivity index (χ0n) is 11.1. The van der Waals surface area contributed by atoms with Gasteiger partial charge in [0.05, 0.1) is 18.4 Å². The van der Waals surface area contributed by atoms with Gasteiger partial charge in [-0.05, 0) is 24.3 Å². The summed E-state index contributed by atoms with van der Waals surface area (Å²) in [5, 5.41) is 13.1. The molecule has 0 spiro atoms. The number of hydrogen-bond acceptors (Lipinski definition) is 5. The van der Waals surface area contributed by atoms with Crippen molar-refractivity contribution in [1.29, 1.82) is 0 Å². The SMILES string of the molecule is COC(=O)c1nn(-c2ccc(C(F)(F)F)cc2)c(=O)cc1O. The van der Waals surface area contributed by atoms with Gasteiger partial charge in [0.1, 0.15) is 0 Å². The minimum atomic E-state index is -4.51. The predicted molar refractivity (Wildman–Crippen MR) is 67.8 cm³/mol. The van der Waals surface area contributed by atoms with Gasteiger partial charge in [0.2, 0.25) is 5.69 Å². The average molecular weight is 314 g/mol. The van der Waals surface area contributed by atoms with Crippen molar-refractivity contribution >= 4 is 5.97 Å². The molecule has 1 aromatic heterocycles. The quantitative estimate of drug-likeness (QED) is 0.854. The maximum absolute atomic E-state index is 12.5. The molecule has 0 fully saturated rings. The van der Waals surface area contributed by atoms with E-state index in [1.165, 1.54) is 0 Å². The molecule has 6 nitrogen and oxygen atoms in total. The molecule has 9 heteroatoms. The Labute approximate surface area is 121 Å². The lowest BCUT2D eigenvalue weighted by atomic mass is 10.2. The molecule has 0 bridgehead atoms. The van der Waals surface area contributed by atoms with Gasteiger partial charge >= 0.3 is 12.1 Å². The minimum absolute atomic E-state index is 0.00292. The second kappa shape index (κ2) is 5.51. The van der Waals surface area contributed by atoms with E-state index in [-0.39, 0.29) is 5.69 Å². The van der Waals surface area contributed by atoms with E-state index in [1.807, 2.05) is 0 Å². The van der Waals surface area contributed by atoms with Crippen LogP contribution in [0, 0.1) is 0 Å². The number of benzene rings is 1. The number of esters is 1. The van der Waals surface area contributed by atoms with Crippen molar-refractivity contribution in [2.45, 2.75) is 6.18 Å². The van der Waals surface area contributed by atoms with Gasteiger partial charge in [-0.15, -0.1) is 0 Å². The highest BCUT2D eigenvalue weighted by Crippen LogP contribution is 2.29. The van der Waals surface area contributed by atoms with Crippen LogP contribution < -0.4 is 5.56 Å². The summed E-state index contributed by atoms with van der Waals surface area (Å²) in [5.41, 5.74) is -2.23. The summed E-state index contributed by atoms with van der Waals surface area (Å²) < 4.78 is 42.5. The van der Waals surface area contributed by atoms with Crippen LogP contribution in [0.4, 0.5) is 13.2 Å². The van der Waals surface area contributed by atoms with Crippen molar-refractivity contribution in [2.24, 2.45) is 0 Å². The van der Waals surface area contributed by atoms with E-state index in [4.69, 9.17) is 0 Å². The van der Waals surface area contributed by atoms with Crippen molar-refractivity contribution in [3.63, 3.8) is 0 Å². The molecule has 1 N–H and O–H groups in total. The molecule has 1 heterocycles. The fraction of sp³-hybridized carbons (Fsp3) is 0.154. The molecule has 0 unspecified atom stereocenters. The first-order chi connectivity index (χ1) is 10.2. The van der Waals surface area contributed by atoms with Gasteiger partial charge in [-0.2, -0.15) is 23.0 Å². The summed E-state index contributed by atoms with van der Waals surface area (Å²) >= 11 is 0. The number of hydrogen-bond donors (Lipinski definition) is 1. The number of rotatable bonds is 2. The Balaban J connectivity index is 2.53. The monoisotopic (exact) mass is 314 g/mol. The summed E-state index contributed by atoms with van der Waals surface area (Å²) in [5.74, 6) is -1.67. The number of halogens is 3. The van der Waals surface area contributed by atoms with Crippen molar-refractivity contribution in [3.8, 4) is 11.4 Å². The predicted octanol–water partition coefficient (Wildman–Crippen LogP) is 1.74. The first-order valence-corrected chi connectivity index (χ1v) is 5.83. The van der Waals surface area contributed by atoms with Gasteiger partial charge < -0.3 is 9.84 Å². The van der Waals surface area contributed by atoms with Crippen molar-refractivity contribution < 1.29 is 27.8 Å². The lowest BCUT2D eigenvalue weighted by Gasteiger charge is -2.10. The average Bonchev–Trinajstić information content (AvgIpc) is 2.46. The molecule has 0 amide bonds. The molecular weight excluding hydrogens is 305 g/mol. The third-order valence-corrected chi connectivity index (χ3v) is 2.73. The smallest absolute Gasteiger partial charge is 0.416 e. The first kappa shape index (κ1) is 15.5. The van der Waals surface area contributed by atoms with Crippen LogP contribution in [-0.4, -0.2) is 28.0 Å². The van der Waals surface area contributed by atoms with E-state index in [0.717, 1.165) is 37.4 Å². The summed E-state index contributed by atoms with van der Waals surface area (Å²) in [4.78, 5) is 23.2. The Bertz CT molecular complexity index is 766. The fourth-order valence-corrected chi connectivity index (χ4v) is 1.67. The van der Waals surface area contributed by atoms with Crippen LogP contribution in [0.2, 0.25) is 0 Å². The van der Waals surface area contributed by atoms with Crippen LogP contribution in [0.15, 0.2) is 35.1 Å². The van der Waals surface area contributed by atoms with Gasteiger partial charge in [-0.3, -0.25) is 4.79 Å². The Kier molecular flexibility index (Phi) is 3.89. The number of methoxy groups -OCH3 is 1. The normalized spacial score (nSPS) is 11.3. The maximum atomic E-state index is 12.5. The van der Waals surface area contributed by atoms with Crippen molar-refractivity contribution in [2.75, 3.05) is 7.11 Å². The molecule has 116 valence electrons. The molecule has 1 aromatic carbocycles.